The van der Waals surface area contributed by atoms with Crippen LogP contribution in [0.25, 0.3) is 0 Å². The number of hydrogen-bond donors (Lipinski definition) is 2. The summed E-state index contributed by atoms with van der Waals surface area (Å²) in [5.41, 5.74) is -1.38. The molecule has 190 valence electrons. The van der Waals surface area contributed by atoms with Gasteiger partial charge in [0.05, 0.1) is 12.0 Å². The van der Waals surface area contributed by atoms with Gasteiger partial charge in [0.15, 0.2) is 5.78 Å². The molecular weight excluding hydrogens is 448 g/mol. The number of carbonyl (C=O) groups is 3. The Labute approximate surface area is 206 Å². The Morgan fingerprint density at radius 3 is 2.37 bits per heavy atom. The van der Waals surface area contributed by atoms with Crippen molar-refractivity contribution in [2.75, 3.05) is 0 Å². The summed E-state index contributed by atoms with van der Waals surface area (Å²) in [6.07, 6.45) is 7.56. The quantitative estimate of drug-likeness (QED) is 0.450. The number of carbonyl (C=O) groups excluding carboxylic acids is 3. The highest BCUT2D eigenvalue weighted by atomic mass is 16.6. The maximum Gasteiger partial charge on any atom is 0.321 e. The fourth-order valence-electron chi connectivity index (χ4n) is 8.83. The van der Waals surface area contributed by atoms with Crippen molar-refractivity contribution in [2.24, 2.45) is 45.3 Å². The third kappa shape index (κ3) is 2.96. The Kier molecular flexibility index (Phi) is 5.07. The number of ether oxygens (including phenoxy) is 2. The van der Waals surface area contributed by atoms with Gasteiger partial charge in [0.1, 0.15) is 6.10 Å². The standard InChI is InChI=1S/C28H36O7/c1-14(29)34-22-13-19-26(4)10-9-20(30)25(2,3)18(26)12-21(31)28(19,6)17-8-7-16(27(17,22)5)15-11-23(32)35-24(15)33/h8-11,15-16,18-19,21-22,31-32H,7,12-13H2,1-6H3. The van der Waals surface area contributed by atoms with Gasteiger partial charge in [0, 0.05) is 29.2 Å². The second kappa shape index (κ2) is 7.31. The molecular formula is C28H36O7. The van der Waals surface area contributed by atoms with Crippen molar-refractivity contribution in [1.82, 2.24) is 0 Å². The third-order valence-corrected chi connectivity index (χ3v) is 10.6. The van der Waals surface area contributed by atoms with Gasteiger partial charge in [0.2, 0.25) is 0 Å². The van der Waals surface area contributed by atoms with E-state index in [-0.39, 0.29) is 23.5 Å². The molecule has 0 spiro atoms. The molecule has 35 heavy (non-hydrogen) atoms. The summed E-state index contributed by atoms with van der Waals surface area (Å²) in [4.78, 5) is 37.8. The van der Waals surface area contributed by atoms with E-state index >= 15 is 0 Å². The smallest absolute Gasteiger partial charge is 0.321 e. The molecule has 0 aromatic rings. The monoisotopic (exact) mass is 484 g/mol. The van der Waals surface area contributed by atoms with Gasteiger partial charge in [-0.05, 0) is 48.5 Å². The molecule has 7 heteroatoms. The van der Waals surface area contributed by atoms with E-state index in [0.29, 0.717) is 19.3 Å². The van der Waals surface area contributed by atoms with E-state index in [1.165, 1.54) is 13.0 Å². The van der Waals surface area contributed by atoms with Crippen molar-refractivity contribution >= 4 is 17.7 Å². The van der Waals surface area contributed by atoms with Gasteiger partial charge < -0.3 is 19.7 Å². The molecule has 9 unspecified atom stereocenters. The lowest BCUT2D eigenvalue weighted by Crippen LogP contribution is -2.66. The number of rotatable bonds is 2. The lowest BCUT2D eigenvalue weighted by atomic mass is 9.38. The van der Waals surface area contributed by atoms with E-state index in [0.717, 1.165) is 5.57 Å². The Balaban J connectivity index is 1.66. The molecule has 1 heterocycles. The SMILES string of the molecule is CC(=O)OC1CC2C3(C)C=CC(=O)C(C)(C)C3CC(O)C2(C)C2=CCC(C3C=C(O)OC3=O)C21C. The molecule has 0 amide bonds. The molecule has 0 radical (unpaired) electrons. The number of allylic oxidation sites excluding steroid dienone is 3. The largest absolute Gasteiger partial charge is 0.481 e. The first-order valence-corrected chi connectivity index (χ1v) is 12.6. The van der Waals surface area contributed by atoms with Crippen molar-refractivity contribution in [1.29, 1.82) is 0 Å². The molecule has 2 saturated carbocycles. The molecule has 2 fully saturated rings. The highest BCUT2D eigenvalue weighted by molar-refractivity contribution is 5.95. The number of ketones is 1. The van der Waals surface area contributed by atoms with Crippen molar-refractivity contribution in [3.05, 3.63) is 35.8 Å². The zero-order valence-corrected chi connectivity index (χ0v) is 21.3. The Bertz CT molecular complexity index is 1100. The van der Waals surface area contributed by atoms with Gasteiger partial charge in [-0.3, -0.25) is 14.4 Å². The minimum atomic E-state index is -0.727. The van der Waals surface area contributed by atoms with Crippen LogP contribution in [-0.2, 0) is 23.9 Å². The van der Waals surface area contributed by atoms with Crippen molar-refractivity contribution < 1.29 is 34.1 Å². The minimum absolute atomic E-state index is 0.0644. The first-order chi connectivity index (χ1) is 16.2. The van der Waals surface area contributed by atoms with Gasteiger partial charge >= 0.3 is 11.9 Å². The van der Waals surface area contributed by atoms with E-state index in [2.05, 4.69) is 19.9 Å². The van der Waals surface area contributed by atoms with E-state index in [9.17, 15) is 24.6 Å². The van der Waals surface area contributed by atoms with E-state index in [1.807, 2.05) is 26.8 Å². The summed E-state index contributed by atoms with van der Waals surface area (Å²) in [6.45, 7) is 11.6. The predicted octanol–water partition coefficient (Wildman–Crippen LogP) is 4.02. The molecule has 1 aliphatic heterocycles. The van der Waals surface area contributed by atoms with Crippen molar-refractivity contribution in [2.45, 2.75) is 73.0 Å². The van der Waals surface area contributed by atoms with Crippen LogP contribution in [-0.4, -0.2) is 40.1 Å². The molecule has 0 aromatic carbocycles. The Morgan fingerprint density at radius 1 is 1.09 bits per heavy atom. The summed E-state index contributed by atoms with van der Waals surface area (Å²) < 4.78 is 11.0. The van der Waals surface area contributed by atoms with Crippen LogP contribution >= 0.6 is 0 Å². The van der Waals surface area contributed by atoms with Crippen LogP contribution in [0.1, 0.15) is 60.8 Å². The van der Waals surface area contributed by atoms with Crippen LogP contribution in [0.5, 0.6) is 0 Å². The first-order valence-electron chi connectivity index (χ1n) is 12.6. The molecule has 2 N–H and O–H groups in total. The van der Waals surface area contributed by atoms with Gasteiger partial charge in [-0.25, -0.2) is 0 Å². The zero-order chi connectivity index (χ0) is 25.7. The summed E-state index contributed by atoms with van der Waals surface area (Å²) >= 11 is 0. The maximum absolute atomic E-state index is 12.8. The fourth-order valence-corrected chi connectivity index (χ4v) is 8.83. The highest BCUT2D eigenvalue weighted by Crippen LogP contribution is 2.72. The van der Waals surface area contributed by atoms with E-state index in [1.54, 1.807) is 6.08 Å². The number of cyclic esters (lactones) is 1. The molecule has 7 nitrogen and oxygen atoms in total. The minimum Gasteiger partial charge on any atom is -0.481 e. The average molecular weight is 485 g/mol. The molecule has 5 rings (SSSR count). The van der Waals surface area contributed by atoms with E-state index < -0.39 is 57.7 Å². The normalized spacial score (nSPS) is 47.7. The predicted molar refractivity (Wildman–Crippen MR) is 127 cm³/mol. The second-order valence-electron chi connectivity index (χ2n) is 12.5. The molecule has 9 atom stereocenters. The summed E-state index contributed by atoms with van der Waals surface area (Å²) in [7, 11) is 0. The zero-order valence-electron chi connectivity index (χ0n) is 21.3. The first kappa shape index (κ1) is 24.3. The average Bonchev–Trinajstić information content (AvgIpc) is 3.28. The fraction of sp³-hybridized carbons (Fsp3) is 0.679. The number of aliphatic hydroxyl groups is 2. The maximum atomic E-state index is 12.8. The topological polar surface area (TPSA) is 110 Å². The van der Waals surface area contributed by atoms with E-state index in [4.69, 9.17) is 9.47 Å². The molecule has 0 bridgehead atoms. The third-order valence-electron chi connectivity index (χ3n) is 10.6. The number of aliphatic hydroxyl groups excluding tert-OH is 2. The summed E-state index contributed by atoms with van der Waals surface area (Å²) in [5, 5.41) is 21.7. The molecule has 5 aliphatic rings. The van der Waals surface area contributed by atoms with Gasteiger partial charge in [-0.1, -0.05) is 52.3 Å². The lowest BCUT2D eigenvalue weighted by molar-refractivity contribution is -0.196. The van der Waals surface area contributed by atoms with Crippen LogP contribution in [0, 0.1) is 45.3 Å². The van der Waals surface area contributed by atoms with Crippen LogP contribution in [0.3, 0.4) is 0 Å². The molecule has 0 aromatic heterocycles. The van der Waals surface area contributed by atoms with Gasteiger partial charge in [-0.2, -0.15) is 0 Å². The van der Waals surface area contributed by atoms with Crippen LogP contribution in [0.4, 0.5) is 0 Å². The number of hydrogen-bond acceptors (Lipinski definition) is 7. The van der Waals surface area contributed by atoms with Crippen molar-refractivity contribution in [3.8, 4) is 0 Å². The van der Waals surface area contributed by atoms with Gasteiger partial charge in [0.25, 0.3) is 5.95 Å². The molecule has 0 saturated heterocycles. The number of fused-ring (bicyclic) bond motifs is 5. The Hall–Kier alpha value is -2.41. The van der Waals surface area contributed by atoms with Crippen molar-refractivity contribution in [3.63, 3.8) is 0 Å². The Morgan fingerprint density at radius 2 is 1.77 bits per heavy atom. The highest BCUT2D eigenvalue weighted by Gasteiger charge is 2.71. The second-order valence-corrected chi connectivity index (χ2v) is 12.5. The number of esters is 2. The van der Waals surface area contributed by atoms with Crippen LogP contribution in [0.2, 0.25) is 0 Å². The van der Waals surface area contributed by atoms with Crippen LogP contribution < -0.4 is 0 Å². The van der Waals surface area contributed by atoms with Gasteiger partial charge in [-0.15, -0.1) is 0 Å². The van der Waals surface area contributed by atoms with Crippen LogP contribution in [0.15, 0.2) is 35.8 Å². The summed E-state index contributed by atoms with van der Waals surface area (Å²) in [6, 6.07) is 0. The summed E-state index contributed by atoms with van der Waals surface area (Å²) in [5.74, 6) is -2.34. The molecule has 4 aliphatic carbocycles. The lowest BCUT2D eigenvalue weighted by Gasteiger charge is -2.67.